The lowest BCUT2D eigenvalue weighted by Crippen LogP contribution is -2.15. The van der Waals surface area contributed by atoms with Gasteiger partial charge < -0.3 is 14.6 Å². The van der Waals surface area contributed by atoms with E-state index < -0.39 is 5.97 Å². The molecule has 2 aromatic rings. The Bertz CT molecular complexity index is 837. The summed E-state index contributed by atoms with van der Waals surface area (Å²) in [4.78, 5) is 15.0. The van der Waals surface area contributed by atoms with Crippen LogP contribution < -0.4 is 9.47 Å². The van der Waals surface area contributed by atoms with Gasteiger partial charge in [-0.3, -0.25) is 0 Å². The Hall–Kier alpha value is -3.33. The van der Waals surface area contributed by atoms with Crippen LogP contribution in [0.2, 0.25) is 0 Å². The van der Waals surface area contributed by atoms with Crippen LogP contribution in [0.1, 0.15) is 27.3 Å². The number of aromatic nitrogens is 1. The molecule has 1 aliphatic rings. The van der Waals surface area contributed by atoms with Crippen LogP contribution >= 0.6 is 0 Å². The summed E-state index contributed by atoms with van der Waals surface area (Å²) in [5, 5.41) is 18.1. The highest BCUT2D eigenvalue weighted by atomic mass is 16.6. The Morgan fingerprint density at radius 2 is 1.96 bits per heavy atom. The minimum Gasteiger partial charge on any atom is -0.486 e. The summed E-state index contributed by atoms with van der Waals surface area (Å²) in [6.07, 6.45) is 3.35. The highest BCUT2D eigenvalue weighted by molar-refractivity contribution is 5.86. The minimum absolute atomic E-state index is 0.106. The summed E-state index contributed by atoms with van der Waals surface area (Å²) in [7, 11) is 0. The number of carboxylic acid groups (broad SMARTS) is 1. The summed E-state index contributed by atoms with van der Waals surface area (Å²) in [5.74, 6) is 0.215. The number of pyridine rings is 1. The van der Waals surface area contributed by atoms with Gasteiger partial charge in [0, 0.05) is 0 Å². The predicted molar refractivity (Wildman–Crippen MR) is 82.3 cm³/mol. The number of nitriles is 1. The zero-order valence-electron chi connectivity index (χ0n) is 12.0. The van der Waals surface area contributed by atoms with Gasteiger partial charge in [0.1, 0.15) is 25.0 Å². The van der Waals surface area contributed by atoms with Crippen LogP contribution in [0.15, 0.2) is 30.3 Å². The smallest absolute Gasteiger partial charge is 0.354 e. The molecule has 0 unspecified atom stereocenters. The maximum absolute atomic E-state index is 11.0. The highest BCUT2D eigenvalue weighted by Gasteiger charge is 2.11. The molecule has 1 aromatic heterocycles. The molecule has 3 rings (SSSR count). The second kappa shape index (κ2) is 6.20. The first-order chi connectivity index (χ1) is 11.2. The molecule has 0 radical (unpaired) electrons. The Morgan fingerprint density at radius 3 is 2.70 bits per heavy atom. The van der Waals surface area contributed by atoms with E-state index in [1.807, 2.05) is 18.2 Å². The van der Waals surface area contributed by atoms with Gasteiger partial charge in [0.05, 0.1) is 11.3 Å². The van der Waals surface area contributed by atoms with Crippen LogP contribution in [0, 0.1) is 11.3 Å². The van der Waals surface area contributed by atoms with E-state index in [9.17, 15) is 4.79 Å². The van der Waals surface area contributed by atoms with Gasteiger partial charge >= 0.3 is 5.97 Å². The summed E-state index contributed by atoms with van der Waals surface area (Å²) in [6, 6.07) is 10.2. The molecule has 6 nitrogen and oxygen atoms in total. The van der Waals surface area contributed by atoms with Crippen LogP contribution in [0.25, 0.3) is 12.2 Å². The molecule has 0 saturated carbocycles. The van der Waals surface area contributed by atoms with Crippen molar-refractivity contribution in [3.05, 3.63) is 52.8 Å². The number of carbonyl (C=O) groups is 1. The largest absolute Gasteiger partial charge is 0.486 e. The molecule has 1 aliphatic heterocycles. The van der Waals surface area contributed by atoms with E-state index in [0.717, 1.165) is 5.56 Å². The first kappa shape index (κ1) is 14.6. The summed E-state index contributed by atoms with van der Waals surface area (Å²) in [5.41, 5.74) is 1.34. The van der Waals surface area contributed by atoms with Gasteiger partial charge in [0.2, 0.25) is 0 Å². The predicted octanol–water partition coefficient (Wildman–Crippen LogP) is 2.59. The topological polar surface area (TPSA) is 92.4 Å². The average Bonchev–Trinajstić information content (AvgIpc) is 2.59. The third kappa shape index (κ3) is 3.14. The molecule has 1 N–H and O–H groups in total. The van der Waals surface area contributed by atoms with E-state index >= 15 is 0 Å². The van der Waals surface area contributed by atoms with Crippen LogP contribution in [-0.2, 0) is 0 Å². The van der Waals surface area contributed by atoms with Crippen LogP contribution in [-0.4, -0.2) is 29.3 Å². The molecular formula is C17H12N2O4. The maximum Gasteiger partial charge on any atom is 0.354 e. The summed E-state index contributed by atoms with van der Waals surface area (Å²) in [6.45, 7) is 1.03. The van der Waals surface area contributed by atoms with Crippen LogP contribution in [0.5, 0.6) is 11.5 Å². The lowest BCUT2D eigenvalue weighted by atomic mass is 10.1. The number of hydrogen-bond acceptors (Lipinski definition) is 5. The quantitative estimate of drug-likeness (QED) is 0.937. The SMILES string of the molecule is N#Cc1ccc(C(=O)O)nc1/C=C/c1ccc2c(c1)OCCO2. The van der Waals surface area contributed by atoms with Crippen molar-refractivity contribution in [3.8, 4) is 17.6 Å². The molecule has 0 fully saturated rings. The summed E-state index contributed by atoms with van der Waals surface area (Å²) >= 11 is 0. The number of benzene rings is 1. The fourth-order valence-electron chi connectivity index (χ4n) is 2.15. The molecular weight excluding hydrogens is 296 g/mol. The van der Waals surface area contributed by atoms with E-state index in [4.69, 9.17) is 19.8 Å². The average molecular weight is 308 g/mol. The van der Waals surface area contributed by atoms with E-state index in [1.54, 1.807) is 18.2 Å². The Kier molecular flexibility index (Phi) is 3.93. The van der Waals surface area contributed by atoms with Crippen molar-refractivity contribution in [2.75, 3.05) is 13.2 Å². The fourth-order valence-corrected chi connectivity index (χ4v) is 2.15. The molecule has 23 heavy (non-hydrogen) atoms. The van der Waals surface area contributed by atoms with E-state index in [1.165, 1.54) is 12.1 Å². The number of rotatable bonds is 3. The Balaban J connectivity index is 1.92. The van der Waals surface area contributed by atoms with Gasteiger partial charge in [-0.25, -0.2) is 9.78 Å². The van der Waals surface area contributed by atoms with Crippen molar-refractivity contribution in [2.24, 2.45) is 0 Å². The monoisotopic (exact) mass is 308 g/mol. The molecule has 0 atom stereocenters. The van der Waals surface area contributed by atoms with Gasteiger partial charge in [0.25, 0.3) is 0 Å². The van der Waals surface area contributed by atoms with Gasteiger partial charge in [-0.05, 0) is 35.9 Å². The molecule has 0 saturated heterocycles. The van der Waals surface area contributed by atoms with Gasteiger partial charge in [-0.1, -0.05) is 12.1 Å². The maximum atomic E-state index is 11.0. The zero-order valence-corrected chi connectivity index (χ0v) is 12.0. The molecule has 0 amide bonds. The van der Waals surface area contributed by atoms with Crippen LogP contribution in [0.3, 0.4) is 0 Å². The van der Waals surface area contributed by atoms with Gasteiger partial charge in [0.15, 0.2) is 11.5 Å². The number of carboxylic acids is 1. The number of nitrogens with zero attached hydrogens (tertiary/aromatic N) is 2. The van der Waals surface area contributed by atoms with Crippen molar-refractivity contribution in [3.63, 3.8) is 0 Å². The van der Waals surface area contributed by atoms with Crippen molar-refractivity contribution in [1.82, 2.24) is 4.98 Å². The third-order valence-electron chi connectivity index (χ3n) is 3.26. The van der Waals surface area contributed by atoms with Crippen molar-refractivity contribution in [1.29, 1.82) is 5.26 Å². The highest BCUT2D eigenvalue weighted by Crippen LogP contribution is 2.31. The number of aromatic carboxylic acids is 1. The fraction of sp³-hybridized carbons (Fsp3) is 0.118. The number of hydrogen-bond donors (Lipinski definition) is 1. The minimum atomic E-state index is -1.14. The van der Waals surface area contributed by atoms with E-state index in [0.29, 0.717) is 36.0 Å². The molecule has 114 valence electrons. The lowest BCUT2D eigenvalue weighted by Gasteiger charge is -2.18. The lowest BCUT2D eigenvalue weighted by molar-refractivity contribution is 0.0690. The first-order valence-corrected chi connectivity index (χ1v) is 6.89. The molecule has 0 spiro atoms. The molecule has 0 aliphatic carbocycles. The number of ether oxygens (including phenoxy) is 2. The van der Waals surface area contributed by atoms with Gasteiger partial charge in [-0.15, -0.1) is 0 Å². The zero-order chi connectivity index (χ0) is 16.2. The standard InChI is InChI=1S/C17H12N2O4/c18-10-12-3-5-14(17(20)21)19-13(12)4-1-11-2-6-15-16(9-11)23-8-7-22-15/h1-6,9H,7-8H2,(H,20,21)/b4-1+. The second-order valence-corrected chi connectivity index (χ2v) is 4.78. The molecule has 2 heterocycles. The van der Waals surface area contributed by atoms with E-state index in [2.05, 4.69) is 4.98 Å². The van der Waals surface area contributed by atoms with Crippen molar-refractivity contribution in [2.45, 2.75) is 0 Å². The normalized spacial score (nSPS) is 12.8. The van der Waals surface area contributed by atoms with Crippen molar-refractivity contribution < 1.29 is 19.4 Å². The Labute approximate surface area is 132 Å². The first-order valence-electron chi connectivity index (χ1n) is 6.89. The second-order valence-electron chi connectivity index (χ2n) is 4.78. The molecule has 0 bridgehead atoms. The number of fused-ring (bicyclic) bond motifs is 1. The van der Waals surface area contributed by atoms with E-state index in [-0.39, 0.29) is 5.69 Å². The van der Waals surface area contributed by atoms with Crippen molar-refractivity contribution >= 4 is 18.1 Å². The summed E-state index contributed by atoms with van der Waals surface area (Å²) < 4.78 is 11.0. The Morgan fingerprint density at radius 1 is 1.17 bits per heavy atom. The molecule has 6 heteroatoms. The van der Waals surface area contributed by atoms with Crippen LogP contribution in [0.4, 0.5) is 0 Å². The third-order valence-corrected chi connectivity index (χ3v) is 3.26. The molecule has 1 aromatic carbocycles. The van der Waals surface area contributed by atoms with Gasteiger partial charge in [-0.2, -0.15) is 5.26 Å².